The minimum Gasteiger partial charge on any atom is -0.457 e. The van der Waals surface area contributed by atoms with E-state index in [0.29, 0.717) is 41.0 Å². The minimum atomic E-state index is -0.386. The number of pyridine rings is 2. The number of hydrogen-bond acceptors (Lipinski definition) is 8. The molecule has 0 unspecified atom stereocenters. The summed E-state index contributed by atoms with van der Waals surface area (Å²) in [6, 6.07) is 17.6. The monoisotopic (exact) mass is 580 g/mol. The highest BCUT2D eigenvalue weighted by Gasteiger charge is 2.18. The second kappa shape index (κ2) is 12.6. The van der Waals surface area contributed by atoms with E-state index in [2.05, 4.69) is 37.3 Å². The van der Waals surface area contributed by atoms with Crippen molar-refractivity contribution in [2.45, 2.75) is 6.92 Å². The van der Waals surface area contributed by atoms with Crippen molar-refractivity contribution in [3.8, 4) is 22.6 Å². The molecule has 6 rings (SSSR count). The molecule has 0 saturated carbocycles. The molecule has 3 aromatic heterocycles. The molecular formula is C32H33FN8O2. The van der Waals surface area contributed by atoms with Gasteiger partial charge in [-0.05, 0) is 48.5 Å². The summed E-state index contributed by atoms with van der Waals surface area (Å²) in [5, 5.41) is 6.01. The molecule has 2 aromatic carbocycles. The van der Waals surface area contributed by atoms with E-state index in [4.69, 9.17) is 9.72 Å². The maximum atomic E-state index is 14.8. The van der Waals surface area contributed by atoms with Gasteiger partial charge in [0, 0.05) is 69.5 Å². The van der Waals surface area contributed by atoms with Gasteiger partial charge in [-0.1, -0.05) is 19.1 Å². The number of anilines is 3. The predicted molar refractivity (Wildman–Crippen MR) is 165 cm³/mol. The summed E-state index contributed by atoms with van der Waals surface area (Å²) >= 11 is 0. The molecule has 0 aliphatic carbocycles. The Bertz CT molecular complexity index is 1730. The van der Waals surface area contributed by atoms with Crippen molar-refractivity contribution in [2.75, 3.05) is 49.9 Å². The zero-order chi connectivity index (χ0) is 29.8. The normalized spacial score (nSPS) is 14.1. The van der Waals surface area contributed by atoms with Crippen molar-refractivity contribution < 1.29 is 13.9 Å². The van der Waals surface area contributed by atoms with Crippen LogP contribution in [0.25, 0.3) is 22.2 Å². The third-order valence-electron chi connectivity index (χ3n) is 7.57. The molecular weight excluding hydrogens is 547 g/mol. The van der Waals surface area contributed by atoms with Crippen LogP contribution >= 0.6 is 0 Å². The minimum absolute atomic E-state index is 0.105. The molecule has 1 fully saturated rings. The number of imidazole rings is 1. The number of fused-ring (bicyclic) bond motifs is 1. The third-order valence-corrected chi connectivity index (χ3v) is 7.57. The Balaban J connectivity index is 1.13. The van der Waals surface area contributed by atoms with Crippen LogP contribution in [0.2, 0.25) is 0 Å². The molecule has 10 nitrogen and oxygen atoms in total. The topological polar surface area (TPSA) is 100 Å². The van der Waals surface area contributed by atoms with Gasteiger partial charge in [0.15, 0.2) is 0 Å². The largest absolute Gasteiger partial charge is 0.457 e. The molecule has 1 saturated heterocycles. The van der Waals surface area contributed by atoms with Crippen LogP contribution in [-0.2, 0) is 11.8 Å². The van der Waals surface area contributed by atoms with Crippen LogP contribution in [0.15, 0.2) is 79.3 Å². The summed E-state index contributed by atoms with van der Waals surface area (Å²) < 4.78 is 22.7. The Morgan fingerprint density at radius 3 is 2.56 bits per heavy atom. The highest BCUT2D eigenvalue weighted by atomic mass is 19.1. The number of carbonyl (C=O) groups is 1. The van der Waals surface area contributed by atoms with Crippen molar-refractivity contribution in [3.05, 3.63) is 85.1 Å². The van der Waals surface area contributed by atoms with E-state index in [9.17, 15) is 9.18 Å². The van der Waals surface area contributed by atoms with Crippen LogP contribution < -0.4 is 15.4 Å². The van der Waals surface area contributed by atoms with E-state index < -0.39 is 0 Å². The van der Waals surface area contributed by atoms with E-state index in [-0.39, 0.29) is 11.7 Å². The SMILES string of the molecule is CCN1CCN(CC(=O)Nc2cc(Oc3ccc4c(c3)nc(Nc3cc(-c5cccnc5)ccc3F)n4C)ccn2)CC1. The number of benzene rings is 2. The maximum absolute atomic E-state index is 14.8. The number of hydrogen-bond donors (Lipinski definition) is 2. The number of likely N-dealkylation sites (N-methyl/N-ethyl adjacent to an activating group) is 1. The molecule has 1 aliphatic heterocycles. The lowest BCUT2D eigenvalue weighted by Crippen LogP contribution is -2.48. The van der Waals surface area contributed by atoms with Gasteiger partial charge in [0.05, 0.1) is 23.3 Å². The van der Waals surface area contributed by atoms with Crippen LogP contribution in [-0.4, -0.2) is 74.5 Å². The second-order valence-corrected chi connectivity index (χ2v) is 10.4. The Morgan fingerprint density at radius 2 is 1.77 bits per heavy atom. The second-order valence-electron chi connectivity index (χ2n) is 10.4. The molecule has 1 aliphatic rings. The van der Waals surface area contributed by atoms with Gasteiger partial charge >= 0.3 is 0 Å². The number of piperazine rings is 1. The van der Waals surface area contributed by atoms with Gasteiger partial charge < -0.3 is 24.8 Å². The fourth-order valence-electron chi connectivity index (χ4n) is 5.14. The molecule has 43 heavy (non-hydrogen) atoms. The number of aryl methyl sites for hydroxylation is 1. The summed E-state index contributed by atoms with van der Waals surface area (Å²) in [5.41, 5.74) is 3.57. The third kappa shape index (κ3) is 6.63. The average molecular weight is 581 g/mol. The zero-order valence-electron chi connectivity index (χ0n) is 24.1. The molecule has 11 heteroatoms. The highest BCUT2D eigenvalue weighted by Crippen LogP contribution is 2.30. The van der Waals surface area contributed by atoms with Crippen LogP contribution in [0.1, 0.15) is 6.92 Å². The van der Waals surface area contributed by atoms with Crippen LogP contribution in [0.4, 0.5) is 21.8 Å². The van der Waals surface area contributed by atoms with E-state index in [1.54, 1.807) is 42.9 Å². The molecule has 2 N–H and O–H groups in total. The van der Waals surface area contributed by atoms with Crippen molar-refractivity contribution >= 4 is 34.4 Å². The van der Waals surface area contributed by atoms with Gasteiger partial charge in [-0.25, -0.2) is 14.4 Å². The number of ether oxygens (including phenoxy) is 1. The summed E-state index contributed by atoms with van der Waals surface area (Å²) in [6.45, 7) is 7.20. The van der Waals surface area contributed by atoms with Crippen LogP contribution in [0.5, 0.6) is 11.5 Å². The van der Waals surface area contributed by atoms with Crippen LogP contribution in [0, 0.1) is 5.82 Å². The summed E-state index contributed by atoms with van der Waals surface area (Å²) in [5.74, 6) is 1.52. The van der Waals surface area contributed by atoms with Crippen molar-refractivity contribution in [2.24, 2.45) is 7.05 Å². The van der Waals surface area contributed by atoms with E-state index in [1.165, 1.54) is 6.07 Å². The lowest BCUT2D eigenvalue weighted by atomic mass is 10.1. The first-order valence-corrected chi connectivity index (χ1v) is 14.3. The quantitative estimate of drug-likeness (QED) is 0.243. The number of nitrogens with one attached hydrogen (secondary N) is 2. The molecule has 5 aromatic rings. The predicted octanol–water partition coefficient (Wildman–Crippen LogP) is 5.28. The molecule has 0 radical (unpaired) electrons. The first kappa shape index (κ1) is 28.3. The zero-order valence-corrected chi connectivity index (χ0v) is 24.1. The Hall–Kier alpha value is -4.87. The molecule has 0 spiro atoms. The van der Waals surface area contributed by atoms with E-state index in [0.717, 1.165) is 49.4 Å². The van der Waals surface area contributed by atoms with Gasteiger partial charge in [-0.3, -0.25) is 14.7 Å². The van der Waals surface area contributed by atoms with E-state index >= 15 is 0 Å². The summed E-state index contributed by atoms with van der Waals surface area (Å²) in [6.07, 6.45) is 5.04. The Labute approximate surface area is 249 Å². The highest BCUT2D eigenvalue weighted by molar-refractivity contribution is 5.91. The van der Waals surface area contributed by atoms with Gasteiger partial charge in [-0.2, -0.15) is 0 Å². The van der Waals surface area contributed by atoms with Gasteiger partial charge in [-0.15, -0.1) is 0 Å². The molecule has 4 heterocycles. The van der Waals surface area contributed by atoms with Gasteiger partial charge in [0.2, 0.25) is 11.9 Å². The number of halogens is 1. The summed E-state index contributed by atoms with van der Waals surface area (Å²) in [4.78, 5) is 30.3. The van der Waals surface area contributed by atoms with Gasteiger partial charge in [0.1, 0.15) is 23.1 Å². The fourth-order valence-corrected chi connectivity index (χ4v) is 5.14. The maximum Gasteiger partial charge on any atom is 0.239 e. The molecule has 0 atom stereocenters. The van der Waals surface area contributed by atoms with Crippen molar-refractivity contribution in [1.82, 2.24) is 29.3 Å². The first-order valence-electron chi connectivity index (χ1n) is 14.3. The van der Waals surface area contributed by atoms with Gasteiger partial charge in [0.25, 0.3) is 0 Å². The van der Waals surface area contributed by atoms with Crippen molar-refractivity contribution in [3.63, 3.8) is 0 Å². The number of nitrogens with zero attached hydrogens (tertiary/aromatic N) is 6. The molecule has 220 valence electrons. The Kier molecular flexibility index (Phi) is 8.25. The van der Waals surface area contributed by atoms with Crippen LogP contribution in [0.3, 0.4) is 0 Å². The van der Waals surface area contributed by atoms with E-state index in [1.807, 2.05) is 41.9 Å². The Morgan fingerprint density at radius 1 is 0.953 bits per heavy atom. The smallest absolute Gasteiger partial charge is 0.239 e. The summed E-state index contributed by atoms with van der Waals surface area (Å²) in [7, 11) is 1.86. The molecule has 1 amide bonds. The number of rotatable bonds is 9. The first-order chi connectivity index (χ1) is 20.9. The number of carbonyl (C=O) groups excluding carboxylic acids is 1. The lowest BCUT2D eigenvalue weighted by molar-refractivity contribution is -0.117. The van der Waals surface area contributed by atoms with Crippen molar-refractivity contribution in [1.29, 1.82) is 0 Å². The molecule has 0 bridgehead atoms. The fraction of sp³-hybridized carbons (Fsp3) is 0.250. The number of amides is 1. The number of aromatic nitrogens is 4. The average Bonchev–Trinajstić information content (AvgIpc) is 3.33. The lowest BCUT2D eigenvalue weighted by Gasteiger charge is -2.33. The standard InChI is InChI=1S/C32H33FN8O2/c1-3-40-13-15-41(16-14-40)21-31(42)38-30-19-25(10-12-35-30)43-24-7-9-29-28(18-24)37-32(39(29)2)36-27-17-22(6-8-26(27)33)23-5-4-11-34-20-23/h4-12,17-20H,3,13-16,21H2,1-2H3,(H,36,37)(H,35,38,42).